The molecule has 0 aliphatic carbocycles. The topological polar surface area (TPSA) is 37.4 Å². The third-order valence-electron chi connectivity index (χ3n) is 4.51. The third-order valence-corrected chi connectivity index (χ3v) is 7.40. The van der Waals surface area contributed by atoms with Crippen LogP contribution in [0, 0.1) is 13.8 Å². The van der Waals surface area contributed by atoms with Crippen molar-refractivity contribution in [3.05, 3.63) is 29.3 Å². The Labute approximate surface area is 129 Å². The Bertz CT molecular complexity index is 615. The van der Waals surface area contributed by atoms with Gasteiger partial charge in [0.1, 0.15) is 0 Å². The Morgan fingerprint density at radius 3 is 2.35 bits per heavy atom. The second kappa shape index (κ2) is 5.11. The summed E-state index contributed by atoms with van der Waals surface area (Å²) in [7, 11) is -3.36. The molecule has 2 fully saturated rings. The van der Waals surface area contributed by atoms with Crippen LogP contribution in [0.2, 0.25) is 0 Å². The first-order valence-electron chi connectivity index (χ1n) is 7.14. The van der Waals surface area contributed by atoms with Gasteiger partial charge in [0.15, 0.2) is 0 Å². The zero-order valence-corrected chi connectivity index (χ0v) is 14.2. The number of nitrogens with zero attached hydrogens (tertiary/aromatic N) is 1. The molecule has 1 aromatic carbocycles. The smallest absolute Gasteiger partial charge is 0.207 e. The van der Waals surface area contributed by atoms with E-state index in [9.17, 15) is 8.42 Å². The number of hydrogen-bond acceptors (Lipinski definition) is 2. The van der Waals surface area contributed by atoms with Gasteiger partial charge in [-0.05, 0) is 56.7 Å². The molecule has 2 atom stereocenters. The molecule has 3 rings (SSSR count). The van der Waals surface area contributed by atoms with E-state index < -0.39 is 10.0 Å². The van der Waals surface area contributed by atoms with Gasteiger partial charge in [-0.15, -0.1) is 0 Å². The normalized spacial score (nSPS) is 30.6. The first-order valence-corrected chi connectivity index (χ1v) is 9.50. The Hall–Kier alpha value is -0.390. The summed E-state index contributed by atoms with van der Waals surface area (Å²) in [5.41, 5.74) is 1.84. The molecule has 3 nitrogen and oxygen atoms in total. The van der Waals surface area contributed by atoms with E-state index in [1.165, 1.54) is 0 Å². The summed E-state index contributed by atoms with van der Waals surface area (Å²) >= 11 is 3.66. The van der Waals surface area contributed by atoms with Crippen molar-refractivity contribution in [1.82, 2.24) is 4.31 Å². The van der Waals surface area contributed by atoms with Crippen molar-refractivity contribution in [1.29, 1.82) is 0 Å². The molecule has 2 bridgehead atoms. The molecule has 2 aliphatic heterocycles. The molecule has 0 saturated carbocycles. The van der Waals surface area contributed by atoms with Crippen molar-refractivity contribution in [2.45, 2.75) is 61.3 Å². The van der Waals surface area contributed by atoms with E-state index >= 15 is 0 Å². The maximum Gasteiger partial charge on any atom is 0.243 e. The number of sulfonamides is 1. The van der Waals surface area contributed by atoms with Crippen LogP contribution in [0.15, 0.2) is 23.1 Å². The second-order valence-electron chi connectivity index (χ2n) is 6.06. The highest BCUT2D eigenvalue weighted by atomic mass is 79.9. The Kier molecular flexibility index (Phi) is 3.72. The molecule has 20 heavy (non-hydrogen) atoms. The van der Waals surface area contributed by atoms with Crippen LogP contribution in [0.1, 0.15) is 36.8 Å². The largest absolute Gasteiger partial charge is 0.243 e. The van der Waals surface area contributed by atoms with Crippen molar-refractivity contribution in [2.24, 2.45) is 0 Å². The van der Waals surface area contributed by atoms with Gasteiger partial charge in [0.05, 0.1) is 4.90 Å². The Morgan fingerprint density at radius 1 is 1.15 bits per heavy atom. The van der Waals surface area contributed by atoms with Crippen LogP contribution in [-0.4, -0.2) is 29.6 Å². The zero-order chi connectivity index (χ0) is 14.5. The van der Waals surface area contributed by atoms with Crippen molar-refractivity contribution >= 4 is 26.0 Å². The van der Waals surface area contributed by atoms with Crippen LogP contribution in [0.4, 0.5) is 0 Å². The van der Waals surface area contributed by atoms with E-state index in [1.807, 2.05) is 32.0 Å². The molecular weight excluding hydrogens is 338 g/mol. The van der Waals surface area contributed by atoms with Gasteiger partial charge in [-0.2, -0.15) is 4.31 Å². The fourth-order valence-electron chi connectivity index (χ4n) is 3.56. The van der Waals surface area contributed by atoms with Crippen LogP contribution >= 0.6 is 15.9 Å². The summed E-state index contributed by atoms with van der Waals surface area (Å²) in [6, 6.07) is 6.02. The van der Waals surface area contributed by atoms with Crippen LogP contribution in [0.3, 0.4) is 0 Å². The summed E-state index contributed by atoms with van der Waals surface area (Å²) in [5.74, 6) is 0. The first kappa shape index (κ1) is 14.5. The maximum absolute atomic E-state index is 13.0. The first-order chi connectivity index (χ1) is 9.39. The number of piperidine rings is 1. The van der Waals surface area contributed by atoms with E-state index in [2.05, 4.69) is 15.9 Å². The number of alkyl halides is 1. The summed E-state index contributed by atoms with van der Waals surface area (Å²) in [4.78, 5) is 0.951. The van der Waals surface area contributed by atoms with Crippen molar-refractivity contribution in [3.8, 4) is 0 Å². The highest BCUT2D eigenvalue weighted by Gasteiger charge is 2.46. The monoisotopic (exact) mass is 357 g/mol. The molecule has 5 heteroatoms. The summed E-state index contributed by atoms with van der Waals surface area (Å²) in [5, 5.41) is 0. The van der Waals surface area contributed by atoms with Gasteiger partial charge in [0, 0.05) is 16.9 Å². The summed E-state index contributed by atoms with van der Waals surface area (Å²) < 4.78 is 27.9. The molecule has 110 valence electrons. The molecule has 2 aliphatic rings. The number of fused-ring (bicyclic) bond motifs is 2. The second-order valence-corrected chi connectivity index (χ2v) is 9.16. The quantitative estimate of drug-likeness (QED) is 0.760. The average Bonchev–Trinajstić information content (AvgIpc) is 2.66. The lowest BCUT2D eigenvalue weighted by molar-refractivity contribution is 0.255. The number of benzene rings is 1. The van der Waals surface area contributed by atoms with Crippen molar-refractivity contribution in [2.75, 3.05) is 0 Å². The van der Waals surface area contributed by atoms with Gasteiger partial charge in [-0.1, -0.05) is 28.1 Å². The molecular formula is C15H20BrNO2S. The van der Waals surface area contributed by atoms with Crippen LogP contribution in [0.5, 0.6) is 0 Å². The molecule has 2 unspecified atom stereocenters. The molecule has 2 saturated heterocycles. The van der Waals surface area contributed by atoms with Gasteiger partial charge in [-0.3, -0.25) is 0 Å². The van der Waals surface area contributed by atoms with Crippen molar-refractivity contribution < 1.29 is 8.42 Å². The lowest BCUT2D eigenvalue weighted by Crippen LogP contribution is -2.46. The van der Waals surface area contributed by atoms with Crippen LogP contribution in [0.25, 0.3) is 0 Å². The average molecular weight is 358 g/mol. The summed E-state index contributed by atoms with van der Waals surface area (Å²) in [6.07, 6.45) is 3.86. The van der Waals surface area contributed by atoms with Crippen LogP contribution < -0.4 is 0 Å². The predicted octanol–water partition coefficient (Wildman–Crippen LogP) is 3.38. The maximum atomic E-state index is 13.0. The molecule has 0 N–H and O–H groups in total. The molecule has 0 radical (unpaired) electrons. The standard InChI is InChI=1S/C15H20BrNO2S/c1-10-3-4-11(2)15(7-10)20(18,19)17-13-5-6-14(17)9-12(16)8-13/h3-4,7,12-14H,5-6,8-9H2,1-2H3. The fourth-order valence-corrected chi connectivity index (χ4v) is 6.63. The number of rotatable bonds is 2. The fraction of sp³-hybridized carbons (Fsp3) is 0.600. The minimum atomic E-state index is -3.36. The van der Waals surface area contributed by atoms with E-state index in [4.69, 9.17) is 0 Å². The number of hydrogen-bond donors (Lipinski definition) is 0. The molecule has 1 aromatic rings. The van der Waals surface area contributed by atoms with Gasteiger partial charge in [0.2, 0.25) is 10.0 Å². The van der Waals surface area contributed by atoms with E-state index in [0.29, 0.717) is 9.72 Å². The molecule has 0 aromatic heterocycles. The third kappa shape index (κ3) is 2.34. The molecule has 0 amide bonds. The van der Waals surface area contributed by atoms with Gasteiger partial charge in [-0.25, -0.2) is 8.42 Å². The molecule has 2 heterocycles. The van der Waals surface area contributed by atoms with Gasteiger partial charge >= 0.3 is 0 Å². The Balaban J connectivity index is 2.03. The van der Waals surface area contributed by atoms with Crippen LogP contribution in [-0.2, 0) is 10.0 Å². The minimum Gasteiger partial charge on any atom is -0.207 e. The number of aryl methyl sites for hydroxylation is 2. The predicted molar refractivity (Wildman–Crippen MR) is 83.7 cm³/mol. The van der Waals surface area contributed by atoms with E-state index in [0.717, 1.165) is 36.8 Å². The summed E-state index contributed by atoms with van der Waals surface area (Å²) in [6.45, 7) is 3.82. The lowest BCUT2D eigenvalue weighted by Gasteiger charge is -2.36. The Morgan fingerprint density at radius 2 is 1.75 bits per heavy atom. The SMILES string of the molecule is Cc1ccc(C)c(S(=O)(=O)N2C3CCC2CC(Br)C3)c1. The molecule has 0 spiro atoms. The van der Waals surface area contributed by atoms with Gasteiger partial charge < -0.3 is 0 Å². The van der Waals surface area contributed by atoms with Gasteiger partial charge in [0.25, 0.3) is 0 Å². The van der Waals surface area contributed by atoms with Crippen molar-refractivity contribution in [3.63, 3.8) is 0 Å². The minimum absolute atomic E-state index is 0.169. The highest BCUT2D eigenvalue weighted by molar-refractivity contribution is 9.09. The van der Waals surface area contributed by atoms with E-state index in [-0.39, 0.29) is 12.1 Å². The van der Waals surface area contributed by atoms with E-state index in [1.54, 1.807) is 4.31 Å². The number of halogens is 1. The lowest BCUT2D eigenvalue weighted by atomic mass is 10.1. The zero-order valence-electron chi connectivity index (χ0n) is 11.8. The highest BCUT2D eigenvalue weighted by Crippen LogP contribution is 2.42.